The summed E-state index contributed by atoms with van der Waals surface area (Å²) in [5.74, 6) is -1.90. The van der Waals surface area contributed by atoms with Crippen molar-refractivity contribution in [1.82, 2.24) is 4.72 Å². The van der Waals surface area contributed by atoms with Crippen molar-refractivity contribution in [2.24, 2.45) is 0 Å². The molecule has 2 heterocycles. The Morgan fingerprint density at radius 1 is 0.850 bits per heavy atom. The Morgan fingerprint density at radius 2 is 1.53 bits per heavy atom. The Bertz CT molecular complexity index is 2170. The smallest absolute Gasteiger partial charge is 0.359 e. The third kappa shape index (κ3) is 12.5. The number of benzene rings is 2. The first-order chi connectivity index (χ1) is 28.0. The van der Waals surface area contributed by atoms with Crippen molar-refractivity contribution in [2.45, 2.75) is 122 Å². The summed E-state index contributed by atoms with van der Waals surface area (Å²) in [6.07, 6.45) is 16.6. The van der Waals surface area contributed by atoms with Crippen LogP contribution in [-0.4, -0.2) is 65.9 Å². The number of carboxylic acids is 1. The molecule has 0 spiro atoms. The van der Waals surface area contributed by atoms with E-state index >= 15 is 0 Å². The molecule has 60 heavy (non-hydrogen) atoms. The fourth-order valence-electron chi connectivity index (χ4n) is 8.46. The minimum atomic E-state index is -4.55. The zero-order valence-electron chi connectivity index (χ0n) is 35.1. The minimum absolute atomic E-state index is 0. The molecular weight excluding hydrogens is 870 g/mol. The van der Waals surface area contributed by atoms with Gasteiger partial charge in [-0.1, -0.05) is 80.4 Å². The van der Waals surface area contributed by atoms with Crippen LogP contribution in [0.3, 0.4) is 0 Å². The van der Waals surface area contributed by atoms with Crippen LogP contribution in [0.4, 0.5) is 11.4 Å². The van der Waals surface area contributed by atoms with Gasteiger partial charge in [-0.2, -0.15) is 13.0 Å². The van der Waals surface area contributed by atoms with E-state index in [4.69, 9.17) is 26.0 Å². The fourth-order valence-corrected chi connectivity index (χ4v) is 9.16. The summed E-state index contributed by atoms with van der Waals surface area (Å²) in [4.78, 5) is 37.1. The number of fused-ring (bicyclic) bond motifs is 2. The number of aliphatic carboxylic acids is 1. The van der Waals surface area contributed by atoms with Gasteiger partial charge >= 0.3 is 22.2 Å². The minimum Gasteiger partial charge on any atom is -1.00 e. The summed E-state index contributed by atoms with van der Waals surface area (Å²) >= 11 is 7.24. The van der Waals surface area contributed by atoms with Gasteiger partial charge in [0.05, 0.1) is 12.0 Å². The van der Waals surface area contributed by atoms with Crippen LogP contribution < -0.4 is 26.6 Å². The molecule has 0 atom stereocenters. The molecule has 14 heteroatoms. The molecule has 2 aromatic rings. The number of unbranched alkanes of at least 4 members (excludes halogenated alkanes) is 4. The second-order valence-corrected chi connectivity index (χ2v) is 18.1. The number of nitrogens with one attached hydrogen (secondary N) is 1. The largest absolute Gasteiger partial charge is 1.00 e. The van der Waals surface area contributed by atoms with E-state index in [1.54, 1.807) is 4.72 Å². The Balaban J connectivity index is 0.00000794. The molecule has 1 aliphatic carbocycles. The van der Waals surface area contributed by atoms with Crippen LogP contribution in [0.1, 0.15) is 122 Å². The number of esters is 1. The lowest BCUT2D eigenvalue weighted by atomic mass is 9.81. The molecule has 0 saturated heterocycles. The van der Waals surface area contributed by atoms with E-state index in [0.29, 0.717) is 32.1 Å². The number of rotatable bonds is 20. The van der Waals surface area contributed by atoms with Crippen LogP contribution in [0.5, 0.6) is 0 Å². The van der Waals surface area contributed by atoms with Gasteiger partial charge in [0.2, 0.25) is 11.6 Å². The van der Waals surface area contributed by atoms with Gasteiger partial charge < -0.3 is 31.7 Å². The molecule has 2 aliphatic heterocycles. The number of carboxylic acid groups (broad SMARTS) is 1. The molecule has 0 aromatic heterocycles. The number of allylic oxidation sites excluding steroid dienone is 8. The highest BCUT2D eigenvalue weighted by molar-refractivity contribution is 7.84. The predicted octanol–water partition coefficient (Wildman–Crippen LogP) is 6.36. The topological polar surface area (TPSA) is 153 Å². The molecule has 0 saturated carbocycles. The maximum Gasteiger partial charge on any atom is 0.359 e. The molecule has 3 N–H and O–H groups in total. The normalized spacial score (nSPS) is 18.2. The Labute approximate surface area is 371 Å². The van der Waals surface area contributed by atoms with Crippen LogP contribution in [0.15, 0.2) is 94.7 Å². The van der Waals surface area contributed by atoms with Crippen LogP contribution in [0, 0.1) is 0 Å². The summed E-state index contributed by atoms with van der Waals surface area (Å²) in [5, 5.41) is 9.56. The lowest BCUT2D eigenvalue weighted by Gasteiger charge is -2.27. The summed E-state index contributed by atoms with van der Waals surface area (Å²) in [5.41, 5.74) is 8.92. The maximum absolute atomic E-state index is 12.1. The number of para-hydroxylation sites is 2. The number of ether oxygens (including phenoxy) is 1. The highest BCUT2D eigenvalue weighted by Crippen LogP contribution is 2.48. The van der Waals surface area contributed by atoms with Crippen molar-refractivity contribution in [3.05, 3.63) is 106 Å². The number of anilines is 1. The van der Waals surface area contributed by atoms with Crippen LogP contribution in [0.2, 0.25) is 0 Å². The second-order valence-electron chi connectivity index (χ2n) is 16.6. The van der Waals surface area contributed by atoms with E-state index in [-0.39, 0.29) is 53.2 Å². The van der Waals surface area contributed by atoms with E-state index in [1.807, 2.05) is 6.07 Å². The molecule has 0 unspecified atom stereocenters. The first kappa shape index (κ1) is 48.6. The SMILES string of the molecule is CC1(C)C(/C=C/C2=C(Cl)C(=C/C=C3/N(CCCCCC(=O)OCCCC(=O)O)c4ccccc4C3(C)C)/CCC2)=[N+](CCCCCC(=O)NS(=O)(=O)O)c2ccccc21.[Br-]. The second kappa shape index (κ2) is 21.7. The highest BCUT2D eigenvalue weighted by Gasteiger charge is 2.44. The molecule has 5 rings (SSSR count). The molecule has 0 bridgehead atoms. The van der Waals surface area contributed by atoms with Crippen molar-refractivity contribution >= 4 is 56.8 Å². The van der Waals surface area contributed by atoms with Crippen LogP contribution in [0.25, 0.3) is 0 Å². The molecule has 326 valence electrons. The van der Waals surface area contributed by atoms with Crippen molar-refractivity contribution in [2.75, 3.05) is 24.6 Å². The van der Waals surface area contributed by atoms with Gasteiger partial charge in [-0.05, 0) is 94.1 Å². The average Bonchev–Trinajstić information content (AvgIpc) is 3.52. The molecule has 0 radical (unpaired) electrons. The molecule has 0 fully saturated rings. The number of carbonyl (C=O) groups is 3. The van der Waals surface area contributed by atoms with Gasteiger partial charge in [0.1, 0.15) is 6.54 Å². The number of nitrogens with zero attached hydrogens (tertiary/aromatic N) is 2. The molecule has 11 nitrogen and oxygen atoms in total. The molecule has 2 aromatic carbocycles. The van der Waals surface area contributed by atoms with Gasteiger partial charge in [-0.25, -0.2) is 4.72 Å². The lowest BCUT2D eigenvalue weighted by molar-refractivity contribution is -0.438. The van der Waals surface area contributed by atoms with Gasteiger partial charge in [0.25, 0.3) is 0 Å². The Hall–Kier alpha value is -4.04. The summed E-state index contributed by atoms with van der Waals surface area (Å²) in [6.45, 7) is 10.6. The molecule has 3 aliphatic rings. The van der Waals surface area contributed by atoms with E-state index < -0.39 is 22.2 Å². The first-order valence-electron chi connectivity index (χ1n) is 20.8. The fraction of sp³-hybridized carbons (Fsp3) is 0.478. The third-order valence-electron chi connectivity index (χ3n) is 11.5. The monoisotopic (exact) mass is 927 g/mol. The van der Waals surface area contributed by atoms with E-state index in [1.165, 1.54) is 22.5 Å². The molecular formula is C46H59BrClN3O8S. The van der Waals surface area contributed by atoms with Crippen molar-refractivity contribution < 1.29 is 58.8 Å². The number of hydrogen-bond acceptors (Lipinski definition) is 7. The maximum atomic E-state index is 12.1. The zero-order valence-corrected chi connectivity index (χ0v) is 38.3. The van der Waals surface area contributed by atoms with Crippen LogP contribution in [-0.2, 0) is 40.3 Å². The third-order valence-corrected chi connectivity index (χ3v) is 12.5. The van der Waals surface area contributed by atoms with E-state index in [2.05, 4.69) is 104 Å². The zero-order chi connectivity index (χ0) is 42.8. The van der Waals surface area contributed by atoms with Gasteiger partial charge in [0, 0.05) is 71.8 Å². The van der Waals surface area contributed by atoms with Crippen molar-refractivity contribution in [3.8, 4) is 0 Å². The standard InChI is InChI=1S/C46H58ClN3O8S.BrH/c1-45(2)35-19-9-11-21-37(35)49(30-13-5-7-23-41(51)48-59(55,56)57)39(45)28-26-33-17-15-18-34(44(33)47)27-29-40-46(3,4)36-20-10-12-22-38(36)50(40)31-14-6-8-25-43(54)58-32-16-24-42(52)53;/h9-12,19-22,26-29H,5-8,13-18,23-25,30-32H2,1-4H3,(H2-,48,51,52,53,55,56,57);1H. The summed E-state index contributed by atoms with van der Waals surface area (Å²) in [7, 11) is -4.55. The van der Waals surface area contributed by atoms with Crippen molar-refractivity contribution in [3.63, 3.8) is 0 Å². The van der Waals surface area contributed by atoms with Gasteiger partial charge in [-0.3, -0.25) is 18.9 Å². The average molecular weight is 929 g/mol. The lowest BCUT2D eigenvalue weighted by Crippen LogP contribution is -3.00. The van der Waals surface area contributed by atoms with E-state index in [0.717, 1.165) is 79.2 Å². The number of halogens is 2. The number of hydrogen-bond donors (Lipinski definition) is 3. The summed E-state index contributed by atoms with van der Waals surface area (Å²) in [6, 6.07) is 16.9. The highest BCUT2D eigenvalue weighted by atomic mass is 79.9. The van der Waals surface area contributed by atoms with Crippen molar-refractivity contribution in [1.29, 1.82) is 0 Å². The number of carbonyl (C=O) groups excluding carboxylic acids is 2. The Morgan fingerprint density at radius 3 is 2.27 bits per heavy atom. The summed E-state index contributed by atoms with van der Waals surface area (Å²) < 4.78 is 39.9. The predicted molar refractivity (Wildman–Crippen MR) is 233 cm³/mol. The molecule has 1 amide bonds. The van der Waals surface area contributed by atoms with Gasteiger partial charge in [0.15, 0.2) is 5.71 Å². The number of amides is 1. The quantitative estimate of drug-likeness (QED) is 0.0597. The van der Waals surface area contributed by atoms with Crippen LogP contribution >= 0.6 is 11.6 Å². The first-order valence-corrected chi connectivity index (χ1v) is 22.6. The Kier molecular flexibility index (Phi) is 17.6. The van der Waals surface area contributed by atoms with Gasteiger partial charge in [-0.15, -0.1) is 0 Å². The van der Waals surface area contributed by atoms with E-state index in [9.17, 15) is 22.8 Å².